The van der Waals surface area contributed by atoms with Crippen molar-refractivity contribution in [1.82, 2.24) is 10.2 Å². The zero-order chi connectivity index (χ0) is 9.97. The van der Waals surface area contributed by atoms with Gasteiger partial charge in [0.1, 0.15) is 0 Å². The van der Waals surface area contributed by atoms with Gasteiger partial charge in [0, 0.05) is 19.5 Å². The minimum atomic E-state index is 0.269. The van der Waals surface area contributed by atoms with Gasteiger partial charge in [-0.3, -0.25) is 4.79 Å². The fourth-order valence-electron chi connectivity index (χ4n) is 2.26. The summed E-state index contributed by atoms with van der Waals surface area (Å²) in [6.45, 7) is 4.96. The van der Waals surface area contributed by atoms with Gasteiger partial charge in [-0.1, -0.05) is 0 Å². The van der Waals surface area contributed by atoms with Crippen molar-refractivity contribution in [2.75, 3.05) is 19.6 Å². The predicted molar refractivity (Wildman–Crippen MR) is 56.0 cm³/mol. The van der Waals surface area contributed by atoms with Crippen molar-refractivity contribution in [3.63, 3.8) is 0 Å². The van der Waals surface area contributed by atoms with Crippen molar-refractivity contribution in [1.29, 1.82) is 0 Å². The lowest BCUT2D eigenvalue weighted by Crippen LogP contribution is -2.39. The van der Waals surface area contributed by atoms with Crippen molar-refractivity contribution in [2.45, 2.75) is 38.6 Å². The van der Waals surface area contributed by atoms with Gasteiger partial charge in [-0.15, -0.1) is 0 Å². The Bertz CT molecular complexity index is 207. The number of hydrogen-bond acceptors (Lipinski definition) is 2. The van der Waals surface area contributed by atoms with E-state index in [1.165, 1.54) is 25.7 Å². The quantitative estimate of drug-likeness (QED) is 0.730. The van der Waals surface area contributed by atoms with Gasteiger partial charge in [-0.25, -0.2) is 0 Å². The molecule has 2 aliphatic rings. The van der Waals surface area contributed by atoms with Crippen molar-refractivity contribution >= 4 is 5.91 Å². The third kappa shape index (κ3) is 2.47. The molecule has 0 spiro atoms. The maximum Gasteiger partial charge on any atom is 0.219 e. The van der Waals surface area contributed by atoms with Crippen LogP contribution in [0.3, 0.4) is 0 Å². The highest BCUT2D eigenvalue weighted by Gasteiger charge is 2.32. The van der Waals surface area contributed by atoms with E-state index in [-0.39, 0.29) is 5.91 Å². The van der Waals surface area contributed by atoms with E-state index in [1.807, 2.05) is 0 Å². The van der Waals surface area contributed by atoms with E-state index >= 15 is 0 Å². The molecule has 2 rings (SSSR count). The van der Waals surface area contributed by atoms with Gasteiger partial charge in [0.15, 0.2) is 0 Å². The Morgan fingerprint density at radius 1 is 1.29 bits per heavy atom. The summed E-state index contributed by atoms with van der Waals surface area (Å²) in [4.78, 5) is 13.5. The molecular weight excluding hydrogens is 176 g/mol. The molecular formula is C11H20N2O. The Morgan fingerprint density at radius 2 is 1.93 bits per heavy atom. The minimum absolute atomic E-state index is 0.269. The van der Waals surface area contributed by atoms with Crippen LogP contribution in [0.15, 0.2) is 0 Å². The molecule has 0 radical (unpaired) electrons. The zero-order valence-electron chi connectivity index (χ0n) is 8.96. The SMILES string of the molecule is CC(=O)N(CC1CCNCC1)C1CC1. The van der Waals surface area contributed by atoms with Crippen LogP contribution in [0.4, 0.5) is 0 Å². The van der Waals surface area contributed by atoms with Crippen LogP contribution in [-0.4, -0.2) is 36.5 Å². The molecule has 0 bridgehead atoms. The van der Waals surface area contributed by atoms with Crippen molar-refractivity contribution in [3.8, 4) is 0 Å². The largest absolute Gasteiger partial charge is 0.340 e. The summed E-state index contributed by atoms with van der Waals surface area (Å²) in [6, 6.07) is 0.586. The highest BCUT2D eigenvalue weighted by molar-refractivity contribution is 5.74. The lowest BCUT2D eigenvalue weighted by atomic mass is 9.97. The number of carbonyl (C=O) groups is 1. The second kappa shape index (κ2) is 4.30. The average Bonchev–Trinajstić information content (AvgIpc) is 2.99. The maximum atomic E-state index is 11.4. The summed E-state index contributed by atoms with van der Waals surface area (Å²) in [6.07, 6.45) is 4.92. The van der Waals surface area contributed by atoms with Crippen LogP contribution >= 0.6 is 0 Å². The Labute approximate surface area is 85.8 Å². The first-order valence-electron chi connectivity index (χ1n) is 5.75. The highest BCUT2D eigenvalue weighted by atomic mass is 16.2. The summed E-state index contributed by atoms with van der Waals surface area (Å²) < 4.78 is 0. The number of rotatable bonds is 3. The third-order valence-corrected chi connectivity index (χ3v) is 3.31. The highest BCUT2D eigenvalue weighted by Crippen LogP contribution is 2.28. The second-order valence-corrected chi connectivity index (χ2v) is 4.60. The van der Waals surface area contributed by atoms with E-state index in [2.05, 4.69) is 10.2 Å². The molecule has 3 nitrogen and oxygen atoms in total. The van der Waals surface area contributed by atoms with E-state index in [1.54, 1.807) is 6.92 Å². The number of amides is 1. The van der Waals surface area contributed by atoms with E-state index in [4.69, 9.17) is 0 Å². The second-order valence-electron chi connectivity index (χ2n) is 4.60. The van der Waals surface area contributed by atoms with E-state index < -0.39 is 0 Å². The zero-order valence-corrected chi connectivity index (χ0v) is 8.96. The Hall–Kier alpha value is -0.570. The van der Waals surface area contributed by atoms with Gasteiger partial charge in [-0.05, 0) is 44.7 Å². The fraction of sp³-hybridized carbons (Fsp3) is 0.909. The van der Waals surface area contributed by atoms with Gasteiger partial charge in [-0.2, -0.15) is 0 Å². The third-order valence-electron chi connectivity index (χ3n) is 3.31. The Morgan fingerprint density at radius 3 is 2.43 bits per heavy atom. The first-order valence-corrected chi connectivity index (χ1v) is 5.75. The Balaban J connectivity index is 1.82. The molecule has 80 valence electrons. The number of hydrogen-bond donors (Lipinski definition) is 1. The molecule has 2 fully saturated rings. The van der Waals surface area contributed by atoms with Crippen LogP contribution < -0.4 is 5.32 Å². The number of carbonyl (C=O) groups excluding carboxylic acids is 1. The van der Waals surface area contributed by atoms with Crippen molar-refractivity contribution < 1.29 is 4.79 Å². The topological polar surface area (TPSA) is 32.3 Å². The van der Waals surface area contributed by atoms with E-state index in [0.717, 1.165) is 25.6 Å². The fourth-order valence-corrected chi connectivity index (χ4v) is 2.26. The molecule has 1 saturated carbocycles. The molecule has 14 heavy (non-hydrogen) atoms. The van der Waals surface area contributed by atoms with Crippen LogP contribution in [0.2, 0.25) is 0 Å². The molecule has 3 heteroatoms. The van der Waals surface area contributed by atoms with Crippen LogP contribution in [0, 0.1) is 5.92 Å². The predicted octanol–water partition coefficient (Wildman–Crippen LogP) is 0.997. The molecule has 0 atom stereocenters. The normalized spacial score (nSPS) is 23.5. The van der Waals surface area contributed by atoms with Crippen molar-refractivity contribution in [3.05, 3.63) is 0 Å². The number of piperidine rings is 1. The molecule has 0 unspecified atom stereocenters. The summed E-state index contributed by atoms with van der Waals surface area (Å²) >= 11 is 0. The maximum absolute atomic E-state index is 11.4. The molecule has 1 N–H and O–H groups in total. The molecule has 1 amide bonds. The lowest BCUT2D eigenvalue weighted by molar-refractivity contribution is -0.130. The monoisotopic (exact) mass is 196 g/mol. The summed E-state index contributed by atoms with van der Waals surface area (Å²) in [5, 5.41) is 3.36. The van der Waals surface area contributed by atoms with Crippen LogP contribution in [0.5, 0.6) is 0 Å². The molecule has 0 aromatic carbocycles. The van der Waals surface area contributed by atoms with Gasteiger partial charge in [0.2, 0.25) is 5.91 Å². The lowest BCUT2D eigenvalue weighted by Gasteiger charge is -2.29. The minimum Gasteiger partial charge on any atom is -0.340 e. The van der Waals surface area contributed by atoms with Gasteiger partial charge in [0.25, 0.3) is 0 Å². The standard InChI is InChI=1S/C11H20N2O/c1-9(14)13(11-2-3-11)8-10-4-6-12-7-5-10/h10-12H,2-8H2,1H3. The first-order chi connectivity index (χ1) is 6.77. The summed E-state index contributed by atoms with van der Waals surface area (Å²) in [5.74, 6) is 1.01. The molecule has 1 aliphatic heterocycles. The van der Waals surface area contributed by atoms with E-state index in [0.29, 0.717) is 6.04 Å². The van der Waals surface area contributed by atoms with Crippen LogP contribution in [0.25, 0.3) is 0 Å². The van der Waals surface area contributed by atoms with Crippen LogP contribution in [0.1, 0.15) is 32.6 Å². The molecule has 1 saturated heterocycles. The van der Waals surface area contributed by atoms with Gasteiger partial charge >= 0.3 is 0 Å². The summed E-state index contributed by atoms with van der Waals surface area (Å²) in [7, 11) is 0. The van der Waals surface area contributed by atoms with Crippen LogP contribution in [-0.2, 0) is 4.79 Å². The summed E-state index contributed by atoms with van der Waals surface area (Å²) in [5.41, 5.74) is 0. The van der Waals surface area contributed by atoms with E-state index in [9.17, 15) is 4.79 Å². The Kier molecular flexibility index (Phi) is 3.06. The first kappa shape index (κ1) is 9.97. The van der Waals surface area contributed by atoms with Crippen molar-refractivity contribution in [2.24, 2.45) is 5.92 Å². The number of nitrogens with zero attached hydrogens (tertiary/aromatic N) is 1. The molecule has 1 aliphatic carbocycles. The average molecular weight is 196 g/mol. The molecule has 1 heterocycles. The van der Waals surface area contributed by atoms with Gasteiger partial charge < -0.3 is 10.2 Å². The molecule has 0 aromatic rings. The van der Waals surface area contributed by atoms with Gasteiger partial charge in [0.05, 0.1) is 0 Å². The molecule has 0 aromatic heterocycles. The smallest absolute Gasteiger partial charge is 0.219 e. The number of nitrogens with one attached hydrogen (secondary N) is 1.